The fourth-order valence-corrected chi connectivity index (χ4v) is 3.27. The van der Waals surface area contributed by atoms with Gasteiger partial charge in [0, 0.05) is 18.5 Å². The first-order chi connectivity index (χ1) is 14.5. The van der Waals surface area contributed by atoms with Crippen molar-refractivity contribution < 1.29 is 28.6 Å². The van der Waals surface area contributed by atoms with Crippen molar-refractivity contribution in [1.82, 2.24) is 10.9 Å². The smallest absolute Gasteiger partial charge is 0.271 e. The number of nitrogens with zero attached hydrogens (tertiary/aromatic N) is 1. The first kappa shape index (κ1) is 21.0. The van der Waals surface area contributed by atoms with Crippen molar-refractivity contribution in [3.63, 3.8) is 0 Å². The molecule has 9 nitrogen and oxygen atoms in total. The summed E-state index contributed by atoms with van der Waals surface area (Å²) in [4.78, 5) is 38.9. The summed E-state index contributed by atoms with van der Waals surface area (Å²) in [7, 11) is 4.34. The molecule has 0 aliphatic carbocycles. The number of amides is 3. The number of hydrogen-bond donors (Lipinski definition) is 2. The fourth-order valence-electron chi connectivity index (χ4n) is 3.27. The molecule has 1 aliphatic heterocycles. The number of nitrogens with one attached hydrogen (secondary N) is 2. The monoisotopic (exact) mass is 413 g/mol. The maximum absolute atomic E-state index is 12.7. The predicted molar refractivity (Wildman–Crippen MR) is 109 cm³/mol. The van der Waals surface area contributed by atoms with E-state index in [0.717, 1.165) is 6.42 Å². The second kappa shape index (κ2) is 9.17. The lowest BCUT2D eigenvalue weighted by Gasteiger charge is -2.19. The van der Waals surface area contributed by atoms with Gasteiger partial charge in [-0.1, -0.05) is 12.1 Å². The second-order valence-corrected chi connectivity index (χ2v) is 6.49. The molecule has 1 fully saturated rings. The summed E-state index contributed by atoms with van der Waals surface area (Å²) in [6, 6.07) is 9.70. The molecule has 158 valence electrons. The minimum atomic E-state index is -0.572. The lowest BCUT2D eigenvalue weighted by Crippen LogP contribution is -2.42. The predicted octanol–water partition coefficient (Wildman–Crippen LogP) is 1.91. The molecule has 30 heavy (non-hydrogen) atoms. The molecule has 2 aromatic carbocycles. The summed E-state index contributed by atoms with van der Waals surface area (Å²) in [5.41, 5.74) is 5.77. The molecule has 3 amide bonds. The van der Waals surface area contributed by atoms with E-state index in [1.807, 2.05) is 0 Å². The summed E-state index contributed by atoms with van der Waals surface area (Å²) < 4.78 is 15.7. The molecular weight excluding hydrogens is 390 g/mol. The van der Waals surface area contributed by atoms with Crippen LogP contribution in [0.3, 0.4) is 0 Å². The standard InChI is InChI=1S/C21H23N3O6/c1-28-16-11-13(12-17(29-2)19(16)30-3)20(26)22-23-21(27)14-7-4-5-8-15(14)24-10-6-9-18(24)25/h4-5,7-8,11-12H,6,9-10H2,1-3H3,(H,22,26)(H,23,27). The van der Waals surface area contributed by atoms with Crippen molar-refractivity contribution in [2.75, 3.05) is 32.8 Å². The Labute approximate surface area is 173 Å². The van der Waals surface area contributed by atoms with Crippen LogP contribution in [-0.4, -0.2) is 45.6 Å². The minimum absolute atomic E-state index is 0.0308. The van der Waals surface area contributed by atoms with E-state index in [4.69, 9.17) is 14.2 Å². The minimum Gasteiger partial charge on any atom is -0.493 e. The molecular formula is C21H23N3O6. The Kier molecular flexibility index (Phi) is 6.41. The van der Waals surface area contributed by atoms with Crippen LogP contribution in [0, 0.1) is 0 Å². The number of para-hydroxylation sites is 1. The molecule has 0 aromatic heterocycles. The SMILES string of the molecule is COc1cc(C(=O)NNC(=O)c2ccccc2N2CCCC2=O)cc(OC)c1OC. The quantitative estimate of drug-likeness (QED) is 0.701. The van der Waals surface area contributed by atoms with Crippen molar-refractivity contribution in [2.45, 2.75) is 12.8 Å². The van der Waals surface area contributed by atoms with Crippen molar-refractivity contribution >= 4 is 23.4 Å². The fraction of sp³-hybridized carbons (Fsp3) is 0.286. The number of rotatable bonds is 6. The zero-order chi connectivity index (χ0) is 21.7. The van der Waals surface area contributed by atoms with Crippen molar-refractivity contribution in [3.05, 3.63) is 47.5 Å². The van der Waals surface area contributed by atoms with Gasteiger partial charge in [-0.05, 0) is 30.7 Å². The molecule has 0 spiro atoms. The first-order valence-electron chi connectivity index (χ1n) is 9.30. The molecule has 0 unspecified atom stereocenters. The number of hydrogen-bond acceptors (Lipinski definition) is 6. The van der Waals surface area contributed by atoms with Gasteiger partial charge in [-0.15, -0.1) is 0 Å². The van der Waals surface area contributed by atoms with Gasteiger partial charge in [-0.3, -0.25) is 25.2 Å². The number of methoxy groups -OCH3 is 3. The van der Waals surface area contributed by atoms with Crippen LogP contribution in [0.5, 0.6) is 17.2 Å². The van der Waals surface area contributed by atoms with Gasteiger partial charge < -0.3 is 19.1 Å². The number of benzene rings is 2. The maximum Gasteiger partial charge on any atom is 0.271 e. The van der Waals surface area contributed by atoms with Crippen LogP contribution in [0.15, 0.2) is 36.4 Å². The van der Waals surface area contributed by atoms with Gasteiger partial charge in [0.2, 0.25) is 11.7 Å². The molecule has 0 bridgehead atoms. The van der Waals surface area contributed by atoms with E-state index < -0.39 is 11.8 Å². The van der Waals surface area contributed by atoms with E-state index in [1.165, 1.54) is 33.5 Å². The van der Waals surface area contributed by atoms with Crippen LogP contribution in [0.25, 0.3) is 0 Å². The molecule has 0 radical (unpaired) electrons. The lowest BCUT2D eigenvalue weighted by molar-refractivity contribution is -0.117. The molecule has 0 atom stereocenters. The molecule has 1 heterocycles. The van der Waals surface area contributed by atoms with Crippen LogP contribution in [0.1, 0.15) is 33.6 Å². The van der Waals surface area contributed by atoms with Crippen LogP contribution in [0.2, 0.25) is 0 Å². The topological polar surface area (TPSA) is 106 Å². The van der Waals surface area contributed by atoms with Crippen molar-refractivity contribution in [3.8, 4) is 17.2 Å². The van der Waals surface area contributed by atoms with E-state index in [-0.39, 0.29) is 17.0 Å². The summed E-state index contributed by atoms with van der Waals surface area (Å²) in [5.74, 6) is -0.164. The summed E-state index contributed by atoms with van der Waals surface area (Å²) in [5, 5.41) is 0. The van der Waals surface area contributed by atoms with E-state index in [9.17, 15) is 14.4 Å². The van der Waals surface area contributed by atoms with Crippen LogP contribution in [-0.2, 0) is 4.79 Å². The van der Waals surface area contributed by atoms with E-state index in [1.54, 1.807) is 29.2 Å². The average Bonchev–Trinajstić information content (AvgIpc) is 3.21. The second-order valence-electron chi connectivity index (χ2n) is 6.49. The Morgan fingerprint density at radius 3 is 2.13 bits per heavy atom. The molecule has 3 rings (SSSR count). The highest BCUT2D eigenvalue weighted by atomic mass is 16.5. The van der Waals surface area contributed by atoms with Gasteiger partial charge in [-0.25, -0.2) is 0 Å². The number of anilines is 1. The molecule has 2 N–H and O–H groups in total. The molecule has 1 saturated heterocycles. The van der Waals surface area contributed by atoms with E-state index in [2.05, 4.69) is 10.9 Å². The van der Waals surface area contributed by atoms with Crippen LogP contribution < -0.4 is 30.0 Å². The van der Waals surface area contributed by atoms with Gasteiger partial charge in [0.25, 0.3) is 11.8 Å². The van der Waals surface area contributed by atoms with Gasteiger partial charge in [0.1, 0.15) is 0 Å². The highest BCUT2D eigenvalue weighted by Gasteiger charge is 2.26. The Bertz CT molecular complexity index is 950. The Morgan fingerprint density at radius 2 is 1.57 bits per heavy atom. The third kappa shape index (κ3) is 4.14. The Morgan fingerprint density at radius 1 is 0.933 bits per heavy atom. The van der Waals surface area contributed by atoms with E-state index >= 15 is 0 Å². The van der Waals surface area contributed by atoms with Gasteiger partial charge in [-0.2, -0.15) is 0 Å². The maximum atomic E-state index is 12.7. The largest absolute Gasteiger partial charge is 0.493 e. The highest BCUT2D eigenvalue weighted by Crippen LogP contribution is 2.38. The molecule has 9 heteroatoms. The molecule has 1 aliphatic rings. The zero-order valence-corrected chi connectivity index (χ0v) is 17.0. The summed E-state index contributed by atoms with van der Waals surface area (Å²) in [6.45, 7) is 0.556. The van der Waals surface area contributed by atoms with E-state index in [0.29, 0.717) is 35.9 Å². The number of hydrazine groups is 1. The van der Waals surface area contributed by atoms with Crippen LogP contribution >= 0.6 is 0 Å². The highest BCUT2D eigenvalue weighted by molar-refractivity contribution is 6.06. The lowest BCUT2D eigenvalue weighted by atomic mass is 10.1. The Hall–Kier alpha value is -3.75. The molecule has 2 aromatic rings. The number of carbonyl (C=O) groups excluding carboxylic acids is 3. The first-order valence-corrected chi connectivity index (χ1v) is 9.30. The van der Waals surface area contributed by atoms with Gasteiger partial charge >= 0.3 is 0 Å². The zero-order valence-electron chi connectivity index (χ0n) is 17.0. The van der Waals surface area contributed by atoms with Gasteiger partial charge in [0.15, 0.2) is 11.5 Å². The van der Waals surface area contributed by atoms with Gasteiger partial charge in [0.05, 0.1) is 32.6 Å². The third-order valence-corrected chi connectivity index (χ3v) is 4.73. The van der Waals surface area contributed by atoms with Crippen LogP contribution in [0.4, 0.5) is 5.69 Å². The van der Waals surface area contributed by atoms with Crippen molar-refractivity contribution in [2.24, 2.45) is 0 Å². The number of carbonyl (C=O) groups is 3. The third-order valence-electron chi connectivity index (χ3n) is 4.73. The summed E-state index contributed by atoms with van der Waals surface area (Å²) >= 11 is 0. The number of ether oxygens (including phenoxy) is 3. The normalized spacial score (nSPS) is 13.0. The average molecular weight is 413 g/mol. The van der Waals surface area contributed by atoms with Crippen molar-refractivity contribution in [1.29, 1.82) is 0 Å². The molecule has 0 saturated carbocycles. The Balaban J connectivity index is 1.76. The summed E-state index contributed by atoms with van der Waals surface area (Å²) in [6.07, 6.45) is 1.19.